The number of hydrogen-bond donors (Lipinski definition) is 3. The van der Waals surface area contributed by atoms with Gasteiger partial charge in [-0.25, -0.2) is 10.8 Å². The van der Waals surface area contributed by atoms with Gasteiger partial charge in [-0.3, -0.25) is 5.43 Å². The van der Waals surface area contributed by atoms with E-state index in [9.17, 15) is 0 Å². The van der Waals surface area contributed by atoms with Crippen molar-refractivity contribution in [2.24, 2.45) is 10.8 Å². The lowest BCUT2D eigenvalue weighted by Crippen LogP contribution is -2.45. The van der Waals surface area contributed by atoms with Gasteiger partial charge in [0.1, 0.15) is 5.76 Å². The van der Waals surface area contributed by atoms with Crippen LogP contribution in [0.15, 0.2) is 27.8 Å². The van der Waals surface area contributed by atoms with Crippen LogP contribution >= 0.6 is 0 Å². The first-order valence-corrected chi connectivity index (χ1v) is 6.11. The number of aliphatic imine (C=N–C) groups is 1. The maximum atomic E-state index is 5.43. The molecule has 1 aromatic rings. The van der Waals surface area contributed by atoms with Gasteiger partial charge in [0.05, 0.1) is 12.3 Å². The Bertz CT molecular complexity index is 357. The lowest BCUT2D eigenvalue weighted by molar-refractivity contribution is 0.481. The van der Waals surface area contributed by atoms with Crippen molar-refractivity contribution in [2.45, 2.75) is 44.7 Å². The maximum absolute atomic E-state index is 5.43. The Morgan fingerprint density at radius 1 is 1.65 bits per heavy atom. The smallest absolute Gasteiger partial charge is 0.206 e. The fourth-order valence-corrected chi connectivity index (χ4v) is 1.62. The topological polar surface area (TPSA) is 75.6 Å². The van der Waals surface area contributed by atoms with E-state index in [4.69, 9.17) is 10.3 Å². The van der Waals surface area contributed by atoms with Crippen LogP contribution in [0.1, 0.15) is 31.9 Å². The fraction of sp³-hybridized carbons (Fsp3) is 0.583. The molecule has 1 unspecified atom stereocenters. The summed E-state index contributed by atoms with van der Waals surface area (Å²) >= 11 is 0. The van der Waals surface area contributed by atoms with Gasteiger partial charge in [0.25, 0.3) is 0 Å². The van der Waals surface area contributed by atoms with Crippen LogP contribution < -0.4 is 16.6 Å². The highest BCUT2D eigenvalue weighted by Gasteiger charge is 2.21. The molecule has 0 aliphatic heterocycles. The second kappa shape index (κ2) is 5.72. The van der Waals surface area contributed by atoms with Crippen molar-refractivity contribution < 1.29 is 4.42 Å². The molecule has 94 valence electrons. The third-order valence-electron chi connectivity index (χ3n) is 2.78. The molecule has 0 amide bonds. The number of nitrogens with zero attached hydrogens (tertiary/aromatic N) is 1. The van der Waals surface area contributed by atoms with E-state index in [0.29, 0.717) is 18.0 Å². The Labute approximate surface area is 101 Å². The SMILES string of the molecule is CC(CCc1ccco1)NC(=NC1CC1)NN. The van der Waals surface area contributed by atoms with Crippen LogP contribution in [0.25, 0.3) is 0 Å². The Kier molecular flexibility index (Phi) is 4.03. The quantitative estimate of drug-likeness (QED) is 0.310. The Balaban J connectivity index is 1.73. The van der Waals surface area contributed by atoms with Gasteiger partial charge in [-0.15, -0.1) is 0 Å². The summed E-state index contributed by atoms with van der Waals surface area (Å²) in [4.78, 5) is 4.44. The van der Waals surface area contributed by atoms with Gasteiger partial charge in [0.2, 0.25) is 5.96 Å². The number of nitrogens with two attached hydrogens (primary N) is 1. The highest BCUT2D eigenvalue weighted by molar-refractivity contribution is 5.79. The lowest BCUT2D eigenvalue weighted by Gasteiger charge is -2.15. The van der Waals surface area contributed by atoms with Crippen molar-refractivity contribution in [3.05, 3.63) is 24.2 Å². The van der Waals surface area contributed by atoms with E-state index in [-0.39, 0.29) is 0 Å². The molecule has 1 fully saturated rings. The first kappa shape index (κ1) is 12.0. The van der Waals surface area contributed by atoms with E-state index in [1.807, 2.05) is 12.1 Å². The molecule has 0 radical (unpaired) electrons. The molecule has 5 nitrogen and oxygen atoms in total. The zero-order valence-electron chi connectivity index (χ0n) is 10.1. The molecule has 0 saturated heterocycles. The maximum Gasteiger partial charge on any atom is 0.206 e. The molecule has 5 heteroatoms. The zero-order valence-corrected chi connectivity index (χ0v) is 10.1. The van der Waals surface area contributed by atoms with Crippen LogP contribution in [-0.2, 0) is 6.42 Å². The van der Waals surface area contributed by atoms with Crippen LogP contribution in [0.5, 0.6) is 0 Å². The summed E-state index contributed by atoms with van der Waals surface area (Å²) < 4.78 is 5.29. The van der Waals surface area contributed by atoms with E-state index in [2.05, 4.69) is 22.7 Å². The van der Waals surface area contributed by atoms with Gasteiger partial charge in [0, 0.05) is 12.5 Å². The molecule has 1 aromatic heterocycles. The van der Waals surface area contributed by atoms with Crippen LogP contribution in [-0.4, -0.2) is 18.0 Å². The number of guanidine groups is 1. The standard InChI is InChI=1S/C12H20N4O/c1-9(4-7-11-3-2-8-17-11)14-12(16-13)15-10-5-6-10/h2-3,8-10H,4-7,13H2,1H3,(H2,14,15,16). The van der Waals surface area contributed by atoms with Crippen molar-refractivity contribution in [3.8, 4) is 0 Å². The van der Waals surface area contributed by atoms with Crippen molar-refractivity contribution in [3.63, 3.8) is 0 Å². The van der Waals surface area contributed by atoms with E-state index in [1.165, 1.54) is 12.8 Å². The van der Waals surface area contributed by atoms with E-state index in [1.54, 1.807) is 6.26 Å². The third-order valence-corrected chi connectivity index (χ3v) is 2.78. The molecule has 0 spiro atoms. The highest BCUT2D eigenvalue weighted by atomic mass is 16.3. The molecular weight excluding hydrogens is 216 g/mol. The van der Waals surface area contributed by atoms with Crippen molar-refractivity contribution >= 4 is 5.96 Å². The minimum atomic E-state index is 0.314. The lowest BCUT2D eigenvalue weighted by atomic mass is 10.1. The summed E-state index contributed by atoms with van der Waals surface area (Å²) in [5, 5.41) is 3.27. The molecule has 1 heterocycles. The zero-order chi connectivity index (χ0) is 12.1. The number of aryl methyl sites for hydroxylation is 1. The van der Waals surface area contributed by atoms with Gasteiger partial charge in [0.15, 0.2) is 0 Å². The summed E-state index contributed by atoms with van der Waals surface area (Å²) in [5.41, 5.74) is 2.61. The average Bonchev–Trinajstić information content (AvgIpc) is 2.98. The van der Waals surface area contributed by atoms with Gasteiger partial charge >= 0.3 is 0 Å². The normalized spacial score (nSPS) is 17.9. The number of furan rings is 1. The molecule has 1 aliphatic rings. The molecule has 1 atom stereocenters. The second-order valence-corrected chi connectivity index (χ2v) is 4.52. The Hall–Kier alpha value is -1.49. The summed E-state index contributed by atoms with van der Waals surface area (Å²) in [5.74, 6) is 7.13. The molecule has 17 heavy (non-hydrogen) atoms. The summed E-state index contributed by atoms with van der Waals surface area (Å²) in [6.45, 7) is 2.11. The van der Waals surface area contributed by atoms with Gasteiger partial charge in [-0.2, -0.15) is 0 Å². The van der Waals surface area contributed by atoms with Gasteiger partial charge < -0.3 is 9.73 Å². The fourth-order valence-electron chi connectivity index (χ4n) is 1.62. The van der Waals surface area contributed by atoms with Gasteiger partial charge in [-0.1, -0.05) is 0 Å². The monoisotopic (exact) mass is 236 g/mol. The summed E-state index contributed by atoms with van der Waals surface area (Å²) in [6.07, 6.45) is 5.96. The molecule has 1 saturated carbocycles. The molecular formula is C12H20N4O. The predicted octanol–water partition coefficient (Wildman–Crippen LogP) is 1.17. The number of hydrogen-bond acceptors (Lipinski definition) is 3. The molecule has 2 rings (SSSR count). The summed E-state index contributed by atoms with van der Waals surface area (Å²) in [7, 11) is 0. The molecule has 1 aliphatic carbocycles. The Morgan fingerprint density at radius 2 is 2.47 bits per heavy atom. The molecule has 0 bridgehead atoms. The number of rotatable bonds is 5. The third kappa shape index (κ3) is 4.11. The van der Waals surface area contributed by atoms with Crippen molar-refractivity contribution in [2.75, 3.05) is 0 Å². The summed E-state index contributed by atoms with van der Waals surface area (Å²) in [6, 6.07) is 4.68. The predicted molar refractivity (Wildman–Crippen MR) is 67.4 cm³/mol. The van der Waals surface area contributed by atoms with Crippen molar-refractivity contribution in [1.82, 2.24) is 10.7 Å². The highest BCUT2D eigenvalue weighted by Crippen LogP contribution is 2.23. The van der Waals surface area contributed by atoms with Crippen LogP contribution in [0.3, 0.4) is 0 Å². The van der Waals surface area contributed by atoms with E-state index < -0.39 is 0 Å². The van der Waals surface area contributed by atoms with Gasteiger partial charge in [-0.05, 0) is 38.3 Å². The minimum Gasteiger partial charge on any atom is -0.469 e. The van der Waals surface area contributed by atoms with E-state index >= 15 is 0 Å². The Morgan fingerprint density at radius 3 is 3.06 bits per heavy atom. The van der Waals surface area contributed by atoms with Crippen LogP contribution in [0, 0.1) is 0 Å². The van der Waals surface area contributed by atoms with Crippen LogP contribution in [0.4, 0.5) is 0 Å². The minimum absolute atomic E-state index is 0.314. The average molecular weight is 236 g/mol. The largest absolute Gasteiger partial charge is 0.469 e. The second-order valence-electron chi connectivity index (χ2n) is 4.52. The number of hydrazine groups is 1. The molecule has 0 aromatic carbocycles. The first-order chi connectivity index (χ1) is 8.28. The van der Waals surface area contributed by atoms with E-state index in [0.717, 1.165) is 18.6 Å². The first-order valence-electron chi connectivity index (χ1n) is 6.11. The number of nitrogens with one attached hydrogen (secondary N) is 2. The van der Waals surface area contributed by atoms with Crippen molar-refractivity contribution in [1.29, 1.82) is 0 Å². The van der Waals surface area contributed by atoms with Crippen LogP contribution in [0.2, 0.25) is 0 Å². The molecule has 4 N–H and O–H groups in total.